The molecule has 1 rings (SSSR count). The van der Waals surface area contributed by atoms with E-state index in [1.807, 2.05) is 13.8 Å². The van der Waals surface area contributed by atoms with Gasteiger partial charge in [-0.25, -0.2) is 0 Å². The van der Waals surface area contributed by atoms with Crippen molar-refractivity contribution in [2.45, 2.75) is 19.9 Å². The zero-order valence-electron chi connectivity index (χ0n) is 12.0. The SMILES string of the molecule is COc1cc(Cl)cc(C=O)c1OCC(=O)N(C)C(C)C. The van der Waals surface area contributed by atoms with Crippen molar-refractivity contribution < 1.29 is 19.1 Å². The average Bonchev–Trinajstić information content (AvgIpc) is 2.43. The quantitative estimate of drug-likeness (QED) is 0.757. The summed E-state index contributed by atoms with van der Waals surface area (Å²) in [5.41, 5.74) is 0.245. The van der Waals surface area contributed by atoms with Gasteiger partial charge in [0.15, 0.2) is 24.4 Å². The van der Waals surface area contributed by atoms with Gasteiger partial charge >= 0.3 is 0 Å². The Morgan fingerprint density at radius 2 is 2.10 bits per heavy atom. The third kappa shape index (κ3) is 3.87. The van der Waals surface area contributed by atoms with Crippen LogP contribution < -0.4 is 9.47 Å². The number of carbonyl (C=O) groups excluding carboxylic acids is 2. The highest BCUT2D eigenvalue weighted by Gasteiger charge is 2.17. The first-order valence-corrected chi connectivity index (χ1v) is 6.49. The summed E-state index contributed by atoms with van der Waals surface area (Å²) in [5, 5.41) is 0.363. The molecule has 0 atom stereocenters. The second kappa shape index (κ2) is 7.14. The van der Waals surface area contributed by atoms with Gasteiger partial charge in [-0.15, -0.1) is 0 Å². The monoisotopic (exact) mass is 299 g/mol. The van der Waals surface area contributed by atoms with Crippen molar-refractivity contribution in [3.05, 3.63) is 22.7 Å². The minimum absolute atomic E-state index is 0.0729. The molecule has 0 fully saturated rings. The minimum Gasteiger partial charge on any atom is -0.493 e. The van der Waals surface area contributed by atoms with E-state index in [0.29, 0.717) is 17.1 Å². The van der Waals surface area contributed by atoms with E-state index < -0.39 is 0 Å². The second-order valence-corrected chi connectivity index (χ2v) is 4.97. The number of benzene rings is 1. The van der Waals surface area contributed by atoms with Gasteiger partial charge in [-0.05, 0) is 19.9 Å². The van der Waals surface area contributed by atoms with Gasteiger partial charge in [-0.1, -0.05) is 11.6 Å². The zero-order valence-corrected chi connectivity index (χ0v) is 12.7. The van der Waals surface area contributed by atoms with Crippen molar-refractivity contribution in [2.75, 3.05) is 20.8 Å². The molecule has 0 N–H and O–H groups in total. The Balaban J connectivity index is 2.92. The number of likely N-dealkylation sites (N-methyl/N-ethyl adjacent to an activating group) is 1. The molecule has 1 amide bonds. The molecule has 0 unspecified atom stereocenters. The predicted octanol–water partition coefficient (Wildman–Crippen LogP) is 2.41. The summed E-state index contributed by atoms with van der Waals surface area (Å²) < 4.78 is 10.5. The summed E-state index contributed by atoms with van der Waals surface area (Å²) in [6.07, 6.45) is 0.611. The Kier molecular flexibility index (Phi) is 5.82. The first kappa shape index (κ1) is 16.3. The number of rotatable bonds is 6. The van der Waals surface area contributed by atoms with Crippen LogP contribution in [0.4, 0.5) is 0 Å². The molecular weight excluding hydrogens is 282 g/mol. The maximum absolute atomic E-state index is 11.9. The molecule has 0 aromatic heterocycles. The van der Waals surface area contributed by atoms with Crippen LogP contribution in [0.15, 0.2) is 12.1 Å². The van der Waals surface area contributed by atoms with Crippen molar-refractivity contribution in [3.63, 3.8) is 0 Å². The molecule has 6 heteroatoms. The van der Waals surface area contributed by atoms with Gasteiger partial charge in [0.2, 0.25) is 0 Å². The van der Waals surface area contributed by atoms with Crippen molar-refractivity contribution in [3.8, 4) is 11.5 Å². The van der Waals surface area contributed by atoms with Crippen molar-refractivity contribution in [2.24, 2.45) is 0 Å². The number of hydrogen-bond acceptors (Lipinski definition) is 4. The van der Waals surface area contributed by atoms with Gasteiger partial charge in [0.25, 0.3) is 5.91 Å². The van der Waals surface area contributed by atoms with E-state index in [4.69, 9.17) is 21.1 Å². The van der Waals surface area contributed by atoms with Gasteiger partial charge in [0.1, 0.15) is 0 Å². The fourth-order valence-corrected chi connectivity index (χ4v) is 1.72. The molecule has 1 aromatic rings. The number of aldehydes is 1. The number of ether oxygens (including phenoxy) is 2. The lowest BCUT2D eigenvalue weighted by molar-refractivity contribution is -0.133. The highest BCUT2D eigenvalue weighted by Crippen LogP contribution is 2.33. The second-order valence-electron chi connectivity index (χ2n) is 4.53. The van der Waals surface area contributed by atoms with E-state index in [0.717, 1.165) is 0 Å². The minimum atomic E-state index is -0.186. The Bertz CT molecular complexity index is 502. The van der Waals surface area contributed by atoms with Crippen LogP contribution in [0.5, 0.6) is 11.5 Å². The van der Waals surface area contributed by atoms with Crippen LogP contribution in [-0.4, -0.2) is 43.9 Å². The molecule has 0 aliphatic carbocycles. The topological polar surface area (TPSA) is 55.8 Å². The molecule has 20 heavy (non-hydrogen) atoms. The first-order valence-electron chi connectivity index (χ1n) is 6.11. The summed E-state index contributed by atoms with van der Waals surface area (Å²) in [6, 6.07) is 3.06. The number of halogens is 1. The van der Waals surface area contributed by atoms with Gasteiger partial charge in [-0.3, -0.25) is 9.59 Å². The van der Waals surface area contributed by atoms with Gasteiger partial charge in [-0.2, -0.15) is 0 Å². The maximum atomic E-state index is 11.9. The van der Waals surface area contributed by atoms with E-state index >= 15 is 0 Å². The fraction of sp³-hybridized carbons (Fsp3) is 0.429. The van der Waals surface area contributed by atoms with Crippen LogP contribution >= 0.6 is 11.6 Å². The smallest absolute Gasteiger partial charge is 0.260 e. The molecule has 0 saturated carbocycles. The Morgan fingerprint density at radius 1 is 1.45 bits per heavy atom. The average molecular weight is 300 g/mol. The van der Waals surface area contributed by atoms with E-state index in [1.54, 1.807) is 11.9 Å². The molecule has 0 aliphatic rings. The Morgan fingerprint density at radius 3 is 2.60 bits per heavy atom. The zero-order chi connectivity index (χ0) is 15.3. The molecule has 0 saturated heterocycles. The molecule has 0 spiro atoms. The standard InChI is InChI=1S/C14H18ClNO4/c1-9(2)16(3)13(18)8-20-14-10(7-17)5-11(15)6-12(14)19-4/h5-7,9H,8H2,1-4H3. The number of carbonyl (C=O) groups is 2. The third-order valence-electron chi connectivity index (χ3n) is 2.90. The number of nitrogens with zero attached hydrogens (tertiary/aromatic N) is 1. The lowest BCUT2D eigenvalue weighted by Crippen LogP contribution is -2.36. The lowest BCUT2D eigenvalue weighted by atomic mass is 10.2. The summed E-state index contributed by atoms with van der Waals surface area (Å²) in [5.74, 6) is 0.353. The van der Waals surface area contributed by atoms with E-state index in [-0.39, 0.29) is 29.9 Å². The number of methoxy groups -OCH3 is 1. The van der Waals surface area contributed by atoms with Gasteiger partial charge < -0.3 is 14.4 Å². The molecule has 0 aliphatic heterocycles. The molecule has 5 nitrogen and oxygen atoms in total. The Labute approximate surface area is 123 Å². The highest BCUT2D eigenvalue weighted by atomic mass is 35.5. The van der Waals surface area contributed by atoms with Crippen LogP contribution in [0.25, 0.3) is 0 Å². The first-order chi connectivity index (χ1) is 9.40. The van der Waals surface area contributed by atoms with Crippen molar-refractivity contribution in [1.82, 2.24) is 4.90 Å². The van der Waals surface area contributed by atoms with Crippen LogP contribution in [0.2, 0.25) is 5.02 Å². The van der Waals surface area contributed by atoms with Crippen LogP contribution in [0, 0.1) is 0 Å². The van der Waals surface area contributed by atoms with E-state index in [2.05, 4.69) is 0 Å². The Hall–Kier alpha value is -1.75. The summed E-state index contributed by atoms with van der Waals surface area (Å²) in [4.78, 5) is 24.5. The summed E-state index contributed by atoms with van der Waals surface area (Å²) in [7, 11) is 3.13. The van der Waals surface area contributed by atoms with Gasteiger partial charge in [0, 0.05) is 24.2 Å². The molecule has 1 aromatic carbocycles. The predicted molar refractivity (Wildman–Crippen MR) is 76.8 cm³/mol. The van der Waals surface area contributed by atoms with Crippen LogP contribution in [0.1, 0.15) is 24.2 Å². The van der Waals surface area contributed by atoms with E-state index in [9.17, 15) is 9.59 Å². The molecule has 0 heterocycles. The molecule has 0 bridgehead atoms. The highest BCUT2D eigenvalue weighted by molar-refractivity contribution is 6.31. The van der Waals surface area contributed by atoms with Crippen LogP contribution in [0.3, 0.4) is 0 Å². The third-order valence-corrected chi connectivity index (χ3v) is 3.12. The molecular formula is C14H18ClNO4. The summed E-state index contributed by atoms with van der Waals surface area (Å²) >= 11 is 5.86. The van der Waals surface area contributed by atoms with Crippen LogP contribution in [-0.2, 0) is 4.79 Å². The maximum Gasteiger partial charge on any atom is 0.260 e. The largest absolute Gasteiger partial charge is 0.493 e. The van der Waals surface area contributed by atoms with E-state index in [1.165, 1.54) is 19.2 Å². The van der Waals surface area contributed by atoms with Gasteiger partial charge in [0.05, 0.1) is 12.7 Å². The number of hydrogen-bond donors (Lipinski definition) is 0. The summed E-state index contributed by atoms with van der Waals surface area (Å²) in [6.45, 7) is 3.63. The van der Waals surface area contributed by atoms with Crippen molar-refractivity contribution >= 4 is 23.8 Å². The normalized spacial score (nSPS) is 10.3. The van der Waals surface area contributed by atoms with Crippen molar-refractivity contribution in [1.29, 1.82) is 0 Å². The number of amides is 1. The molecule has 110 valence electrons. The fourth-order valence-electron chi connectivity index (χ4n) is 1.51. The lowest BCUT2D eigenvalue weighted by Gasteiger charge is -2.22. The molecule has 0 radical (unpaired) electrons.